The van der Waals surface area contributed by atoms with E-state index < -0.39 is 0 Å². The predicted octanol–water partition coefficient (Wildman–Crippen LogP) is 0.389. The molecule has 0 saturated heterocycles. The molecule has 0 heteroatoms. The van der Waals surface area contributed by atoms with Gasteiger partial charge in [-0.25, -0.2) is 0 Å². The summed E-state index contributed by atoms with van der Waals surface area (Å²) in [6, 6.07) is 0. The summed E-state index contributed by atoms with van der Waals surface area (Å²) in [6.45, 7) is 0. The van der Waals surface area contributed by atoms with Crippen LogP contribution in [-0.2, 0) is 0 Å². The lowest BCUT2D eigenvalue weighted by Gasteiger charge is -1.58. The van der Waals surface area contributed by atoms with E-state index >= 15 is 0 Å². The van der Waals surface area contributed by atoms with Crippen molar-refractivity contribution in [1.82, 2.24) is 0 Å². The van der Waals surface area contributed by atoms with Gasteiger partial charge in [0.2, 0.25) is 0 Å². The topological polar surface area (TPSA) is 0 Å². The second-order valence-corrected chi connectivity index (χ2v) is 10.3. The molecule has 0 bridgehead atoms. The zero-order valence-corrected chi connectivity index (χ0v) is 42.2. The Labute approximate surface area is 495 Å². The maximum atomic E-state index is 4.95. The summed E-state index contributed by atoms with van der Waals surface area (Å²) < 4.78 is 0. The predicted molar refractivity (Wildman–Crippen MR) is 329 cm³/mol. The molecule has 0 saturated carbocycles. The second kappa shape index (κ2) is 64.5. The molecule has 0 atom stereocenters. The highest BCUT2D eigenvalue weighted by Gasteiger charge is 1.65. The number of rotatable bonds is 0. The average molecular weight is 1010 g/mol. The summed E-state index contributed by atoms with van der Waals surface area (Å²) in [5.74, 6) is 203. The Kier molecular flexibility index (Phi) is 50.3. The Morgan fingerprint density at radius 2 is 0.0952 bits per heavy atom. The molecule has 0 aliphatic rings. The Morgan fingerprint density at radius 3 is 0.131 bits per heavy atom. The zero-order valence-electron chi connectivity index (χ0n) is 42.2. The summed E-state index contributed by atoms with van der Waals surface area (Å²) in [6.07, 6.45) is 9.90. The Hall–Kier alpha value is -18.5. The van der Waals surface area contributed by atoms with Gasteiger partial charge in [-0.3, -0.25) is 0 Å². The van der Waals surface area contributed by atoms with Crippen molar-refractivity contribution >= 4 is 0 Å². The SMILES string of the molecule is C#CC#CC#CC#CC#CC#CC#CC#CC#CC#CC#CC#CC#CC#CC#CC#CC#CC#CC#CC#CC#CC#CC#CC#CC#CC#CC#CC#CC#CC#CC#CC#CC#CC#CC#CC#CC#CC#CC#CC#CC#CC#C. The molecule has 0 spiro atoms. The van der Waals surface area contributed by atoms with Gasteiger partial charge in [0.05, 0.1) is 0 Å². The van der Waals surface area contributed by atoms with Gasteiger partial charge >= 0.3 is 0 Å². The molecule has 0 rings (SSSR count). The molecular formula is C84H2. The molecule has 0 aliphatic heterocycles. The summed E-state index contributed by atoms with van der Waals surface area (Å²) in [5, 5.41) is 0. The average Bonchev–Trinajstić information content (AvgIpc) is 3.50. The van der Waals surface area contributed by atoms with Gasteiger partial charge in [0.1, 0.15) is 0 Å². The molecule has 338 valence electrons. The van der Waals surface area contributed by atoms with Crippen LogP contribution in [-0.4, -0.2) is 0 Å². The molecule has 0 radical (unpaired) electrons. The molecule has 84 heavy (non-hydrogen) atoms. The van der Waals surface area contributed by atoms with Crippen LogP contribution < -0.4 is 0 Å². The van der Waals surface area contributed by atoms with Crippen LogP contribution >= 0.6 is 0 Å². The van der Waals surface area contributed by atoms with E-state index in [1.54, 1.807) is 0 Å². The Morgan fingerprint density at radius 1 is 0.0595 bits per heavy atom. The van der Waals surface area contributed by atoms with Gasteiger partial charge in [-0.15, -0.1) is 12.8 Å². The lowest BCUT2D eigenvalue weighted by atomic mass is 10.4. The van der Waals surface area contributed by atoms with Crippen LogP contribution in [0, 0.1) is 498 Å². The highest BCUT2D eigenvalue weighted by atomic mass is 13.7. The molecule has 0 amide bonds. The molecule has 0 nitrogen and oxygen atoms in total. The maximum Gasteiger partial charge on any atom is 0 e. The fourth-order valence-corrected chi connectivity index (χ4v) is 2.51. The lowest BCUT2D eigenvalue weighted by Crippen LogP contribution is -1.57. The first kappa shape index (κ1) is 65.5. The largest absolute Gasteiger partial charge is 0.106 e. The van der Waals surface area contributed by atoms with Crippen molar-refractivity contribution in [2.24, 2.45) is 0 Å². The minimum Gasteiger partial charge on any atom is -0.106 e. The Balaban J connectivity index is 4.62. The van der Waals surface area contributed by atoms with E-state index in [2.05, 4.69) is 485 Å². The smallest absolute Gasteiger partial charge is 0 e. The van der Waals surface area contributed by atoms with Gasteiger partial charge < -0.3 is 0 Å². The molecule has 0 aliphatic carbocycles. The third-order valence-corrected chi connectivity index (χ3v) is 5.08. The first-order chi connectivity index (χ1) is 41.9. The van der Waals surface area contributed by atoms with Gasteiger partial charge in [0, 0.05) is 391 Å². The normalized spacial score (nSPS) is 3.93. The van der Waals surface area contributed by atoms with Gasteiger partial charge in [-0.1, -0.05) is 0 Å². The van der Waals surface area contributed by atoms with Crippen LogP contribution in [0.4, 0.5) is 0 Å². The molecular weight excluding hydrogens is 1010 g/mol. The van der Waals surface area contributed by atoms with Crippen LogP contribution in [0.15, 0.2) is 0 Å². The number of hydrogen-bond acceptors (Lipinski definition) is 0. The summed E-state index contributed by atoms with van der Waals surface area (Å²) in [7, 11) is 0. The van der Waals surface area contributed by atoms with Crippen molar-refractivity contribution < 1.29 is 0 Å². The van der Waals surface area contributed by atoms with Gasteiger partial charge in [0.15, 0.2) is 0 Å². The summed E-state index contributed by atoms with van der Waals surface area (Å²) >= 11 is 0. The first-order valence-electron chi connectivity index (χ1n) is 20.8. The highest BCUT2D eigenvalue weighted by molar-refractivity contribution is 5.54. The van der Waals surface area contributed by atoms with E-state index in [9.17, 15) is 0 Å². The third-order valence-electron chi connectivity index (χ3n) is 5.08. The van der Waals surface area contributed by atoms with Crippen molar-refractivity contribution in [3.63, 3.8) is 0 Å². The lowest BCUT2D eigenvalue weighted by molar-refractivity contribution is 2.31. The highest BCUT2D eigenvalue weighted by Crippen LogP contribution is 1.65. The van der Waals surface area contributed by atoms with Crippen molar-refractivity contribution in [2.45, 2.75) is 0 Å². The summed E-state index contributed by atoms with van der Waals surface area (Å²) in [4.78, 5) is 0. The number of hydrogen-bond donors (Lipinski definition) is 0. The maximum absolute atomic E-state index is 4.95. The molecule has 0 heterocycles. The van der Waals surface area contributed by atoms with Gasteiger partial charge in [0.25, 0.3) is 0 Å². The van der Waals surface area contributed by atoms with E-state index in [4.69, 9.17) is 12.8 Å². The fourth-order valence-electron chi connectivity index (χ4n) is 2.51. The molecule has 0 aromatic heterocycles. The van der Waals surface area contributed by atoms with Crippen molar-refractivity contribution in [3.8, 4) is 498 Å². The van der Waals surface area contributed by atoms with E-state index in [1.807, 2.05) is 0 Å². The van der Waals surface area contributed by atoms with E-state index in [0.29, 0.717) is 0 Å². The quantitative estimate of drug-likeness (QED) is 0.309. The van der Waals surface area contributed by atoms with E-state index in [1.165, 1.54) is 0 Å². The molecule has 0 aromatic carbocycles. The van der Waals surface area contributed by atoms with E-state index in [0.717, 1.165) is 0 Å². The van der Waals surface area contributed by atoms with Crippen molar-refractivity contribution in [1.29, 1.82) is 0 Å². The van der Waals surface area contributed by atoms with Gasteiger partial charge in [-0.2, -0.15) is 0 Å². The van der Waals surface area contributed by atoms with Gasteiger partial charge in [-0.05, 0) is 94.7 Å². The van der Waals surface area contributed by atoms with Crippen molar-refractivity contribution in [2.75, 3.05) is 0 Å². The minimum absolute atomic E-state index is 2.12. The molecule has 0 N–H and O–H groups in total. The standard InChI is InChI=1S/C84H2/c1-3-5-7-9-11-13-15-17-19-21-23-25-27-29-31-33-35-37-39-41-43-45-47-49-51-53-55-57-59-61-63-65-67-69-71-73-75-77-79-81-83-84-82-80-78-76-74-72-70-68-66-64-62-60-58-56-54-52-50-48-46-44-42-40-38-36-34-32-30-28-26-24-22-20-18-16-14-12-10-8-6-4-2/h1-2H. The second-order valence-electron chi connectivity index (χ2n) is 10.3. The fraction of sp³-hybridized carbons (Fsp3) is 0. The molecule has 0 unspecified atom stereocenters. The van der Waals surface area contributed by atoms with Crippen LogP contribution in [0.2, 0.25) is 0 Å². The minimum atomic E-state index is 2.12. The van der Waals surface area contributed by atoms with Crippen LogP contribution in [0.5, 0.6) is 0 Å². The molecule has 0 aromatic rings. The van der Waals surface area contributed by atoms with E-state index in [-0.39, 0.29) is 0 Å². The molecule has 0 fully saturated rings. The Bertz CT molecular complexity index is 5390. The van der Waals surface area contributed by atoms with Crippen LogP contribution in [0.25, 0.3) is 0 Å². The van der Waals surface area contributed by atoms with Crippen LogP contribution in [0.3, 0.4) is 0 Å². The van der Waals surface area contributed by atoms with Crippen LogP contribution in [0.1, 0.15) is 0 Å². The summed E-state index contributed by atoms with van der Waals surface area (Å²) in [5.41, 5.74) is 0. The number of terminal acetylenes is 2. The van der Waals surface area contributed by atoms with Crippen molar-refractivity contribution in [3.05, 3.63) is 0 Å². The monoisotopic (exact) mass is 1010 g/mol. The first-order valence-corrected chi connectivity index (χ1v) is 20.8. The zero-order chi connectivity index (χ0) is 60.0. The third kappa shape index (κ3) is 63.5.